The number of allylic oxidation sites excluding steroid dienone is 11. The van der Waals surface area contributed by atoms with Gasteiger partial charge in [-0.2, -0.15) is 0 Å². The predicted octanol–water partition coefficient (Wildman–Crippen LogP) is 32.1. The van der Waals surface area contributed by atoms with Crippen LogP contribution in [0.5, 0.6) is 0 Å². The van der Waals surface area contributed by atoms with Crippen LogP contribution >= 0.6 is 0 Å². The van der Waals surface area contributed by atoms with Crippen LogP contribution in [0.2, 0.25) is 0 Å². The SMILES string of the molecule is C=CCC(CC=C)(CC=C)c1ccc(/C2=C3\C=CC(=N3)C(c3ccc(C)cc3)(c3c(C)cc(C)cc3C)c3ccc([nH]3)/C(c3ccc(C#Cc4ccc(/C5=C6\C=CC(=N6)C(c6ccc(C)cc6)(c6c(C)cc(C)cc6C)c6ccc([nH]6)/C(c6ccccc6)=C6/C=CC(=N6)C(c6ccc(C)cc6)(c6c(C)cc(C)cc6C)c6ccc5[nH]6)cc4)cc3)=C3/C=CC(=N3)C(c3ccc(C)cc3)(c3c(C)cc(C)cc3C)c3ccc2[nH]3)cc1. The molecule has 4 unspecified atom stereocenters. The third-order valence-electron chi connectivity index (χ3n) is 31.9. The van der Waals surface area contributed by atoms with E-state index in [1.807, 2.05) is 18.2 Å². The second-order valence-corrected chi connectivity index (χ2v) is 42.2. The number of aryl methyl sites for hydroxylation is 16. The van der Waals surface area contributed by atoms with Crippen LogP contribution in [-0.4, -0.2) is 42.8 Å². The van der Waals surface area contributed by atoms with E-state index in [0.29, 0.717) is 0 Å². The minimum Gasteiger partial charge on any atom is -0.357 e. The largest absolute Gasteiger partial charge is 0.357 e. The molecule has 6 aliphatic rings. The Bertz CT molecular complexity index is 8490. The van der Waals surface area contributed by atoms with E-state index in [-0.39, 0.29) is 5.41 Å². The van der Waals surface area contributed by atoms with Crippen molar-refractivity contribution in [2.45, 2.75) is 157 Å². The highest BCUT2D eigenvalue weighted by Gasteiger charge is 2.52. The maximum Gasteiger partial charge on any atom is 0.103 e. The number of hydrogen-bond acceptors (Lipinski definition) is 4. The van der Waals surface area contributed by atoms with Crippen LogP contribution in [0.1, 0.15) is 237 Å². The highest BCUT2D eigenvalue weighted by atomic mass is 14.9. The van der Waals surface area contributed by atoms with Gasteiger partial charge in [-0.1, -0.05) is 299 Å². The van der Waals surface area contributed by atoms with Crippen LogP contribution in [0.25, 0.3) is 22.3 Å². The van der Waals surface area contributed by atoms with Crippen LogP contribution in [0.3, 0.4) is 0 Å². The van der Waals surface area contributed by atoms with Crippen LogP contribution < -0.4 is 0 Å². The van der Waals surface area contributed by atoms with Gasteiger partial charge in [0.25, 0.3) is 0 Å². The molecule has 4 N–H and O–H groups in total. The van der Waals surface area contributed by atoms with Gasteiger partial charge in [0.05, 0.1) is 45.6 Å². The molecule has 8 heteroatoms. The zero-order valence-corrected chi connectivity index (χ0v) is 87.7. The maximum absolute atomic E-state index is 6.20. The molecule has 724 valence electrons. The number of rotatable bonds is 19. The average Bonchev–Trinajstić information content (AvgIpc) is 1.43. The molecule has 12 aromatic carbocycles. The van der Waals surface area contributed by atoms with E-state index in [4.69, 9.17) is 20.0 Å². The lowest BCUT2D eigenvalue weighted by atomic mass is 9.65. The van der Waals surface area contributed by atoms with Crippen molar-refractivity contribution in [1.29, 1.82) is 0 Å². The lowest BCUT2D eigenvalue weighted by Gasteiger charge is -2.37. The number of aromatic amines is 4. The Hall–Kier alpha value is -16.9. The first-order valence-corrected chi connectivity index (χ1v) is 51.9. The predicted molar refractivity (Wildman–Crippen MR) is 618 cm³/mol. The number of hydrogen-bond donors (Lipinski definition) is 4. The van der Waals surface area contributed by atoms with Crippen molar-refractivity contribution >= 4 is 45.1 Å². The molecule has 0 saturated heterocycles. The Morgan fingerprint density at radius 1 is 0.243 bits per heavy atom. The number of aliphatic imine (C=N–C) groups is 4. The van der Waals surface area contributed by atoms with Gasteiger partial charge in [-0.05, 0) is 368 Å². The van der Waals surface area contributed by atoms with E-state index >= 15 is 0 Å². The lowest BCUT2D eigenvalue weighted by molar-refractivity contribution is 0.442. The number of aromatic nitrogens is 4. The van der Waals surface area contributed by atoms with Crippen molar-refractivity contribution in [2.75, 3.05) is 0 Å². The summed E-state index contributed by atoms with van der Waals surface area (Å²) in [6.07, 6.45) is 26.5. The number of H-pyrrole nitrogens is 4. The first-order valence-electron chi connectivity index (χ1n) is 51.9. The summed E-state index contributed by atoms with van der Waals surface area (Å²) >= 11 is 0. The van der Waals surface area contributed by atoms with Crippen LogP contribution in [0.4, 0.5) is 0 Å². The molecular weight excluding hydrogens is 1790 g/mol. The van der Waals surface area contributed by atoms with Crippen molar-refractivity contribution in [3.63, 3.8) is 0 Å². The Morgan fingerprint density at radius 3 is 0.696 bits per heavy atom. The highest BCUT2D eigenvalue weighted by Crippen LogP contribution is 2.56. The molecule has 0 saturated carbocycles. The summed E-state index contributed by atoms with van der Waals surface area (Å²) in [6, 6.07) is 111. The fourth-order valence-corrected chi connectivity index (χ4v) is 26.0. The van der Waals surface area contributed by atoms with Gasteiger partial charge < -0.3 is 19.9 Å². The Balaban J connectivity index is 0.727. The molecule has 0 spiro atoms. The smallest absolute Gasteiger partial charge is 0.103 e. The monoisotopic (exact) mass is 1920 g/mol. The summed E-state index contributed by atoms with van der Waals surface area (Å²) in [5, 5.41) is 0. The molecule has 0 amide bonds. The van der Waals surface area contributed by atoms with E-state index in [9.17, 15) is 0 Å². The fourth-order valence-electron chi connectivity index (χ4n) is 26.0. The van der Waals surface area contributed by atoms with E-state index in [1.165, 1.54) is 72.3 Å². The third kappa shape index (κ3) is 16.0. The molecular formula is C140H124N8. The molecule has 10 heterocycles. The van der Waals surface area contributed by atoms with Crippen molar-refractivity contribution in [1.82, 2.24) is 19.9 Å². The fraction of sp³-hybridized carbons (Fsp3) is 0.171. The maximum atomic E-state index is 6.20. The summed E-state index contributed by atoms with van der Waals surface area (Å²) in [4.78, 5) is 41.7. The highest BCUT2D eigenvalue weighted by molar-refractivity contribution is 6.17. The minimum atomic E-state index is -1.01. The molecule has 0 radical (unpaired) electrons. The molecule has 22 rings (SSSR count). The van der Waals surface area contributed by atoms with Crippen molar-refractivity contribution in [2.24, 2.45) is 20.0 Å². The zero-order chi connectivity index (χ0) is 103. The Labute approximate surface area is 872 Å². The van der Waals surface area contributed by atoms with Crippen molar-refractivity contribution in [3.05, 3.63) is 625 Å². The zero-order valence-electron chi connectivity index (χ0n) is 87.7. The van der Waals surface area contributed by atoms with E-state index in [2.05, 4.69) is 508 Å². The van der Waals surface area contributed by atoms with Gasteiger partial charge in [0, 0.05) is 84.4 Å². The Morgan fingerprint density at radius 2 is 0.466 bits per heavy atom. The third-order valence-corrected chi connectivity index (χ3v) is 31.9. The Kier molecular flexibility index (Phi) is 24.6. The van der Waals surface area contributed by atoms with Gasteiger partial charge >= 0.3 is 0 Å². The van der Waals surface area contributed by atoms with Crippen LogP contribution in [0, 0.1) is 123 Å². The van der Waals surface area contributed by atoms with E-state index in [0.717, 1.165) is 233 Å². The van der Waals surface area contributed by atoms with E-state index in [1.54, 1.807) is 0 Å². The first kappa shape index (κ1) is 96.0. The van der Waals surface area contributed by atoms with Crippen molar-refractivity contribution < 1.29 is 0 Å². The van der Waals surface area contributed by atoms with Gasteiger partial charge in [0.15, 0.2) is 0 Å². The number of nitrogens with one attached hydrogen (secondary N) is 4. The normalized spacial score (nSPS) is 20.1. The number of nitrogens with zero attached hydrogens (tertiary/aromatic N) is 4. The molecule has 0 fully saturated rings. The molecule has 8 nitrogen and oxygen atoms in total. The van der Waals surface area contributed by atoms with E-state index < -0.39 is 21.7 Å². The average molecular weight is 1920 g/mol. The van der Waals surface area contributed by atoms with Gasteiger partial charge in [-0.25, -0.2) is 0 Å². The second kappa shape index (κ2) is 38.0. The molecule has 16 aromatic rings. The summed E-state index contributed by atoms with van der Waals surface area (Å²) in [6.45, 7) is 48.4. The van der Waals surface area contributed by atoms with Crippen LogP contribution in [0.15, 0.2) is 427 Å². The number of fused-ring (bicyclic) bond motifs is 12. The standard InChI is InChI=1S/C140H124N8/c1-20-74-136(75-21-2,76-22-3)107-56-46-106(47-57-107)131-118-64-72-126(147-118)139(110-52-32-87(6)33-53-110,134-97(16)81-91(10)82-98(134)17)124-70-62-116(145-124)130(117-63-71-125(146-117)140(127-73-65-119(131)148-127,111-54-34-88(7)35-55-111)135-99(18)83-92(11)84-100(135)19)105-44-40-102(41-45-105)37-36-101-38-42-104(43-39-101)129-114-60-68-122(143-114)137(108-48-28-85(4)29-49-108,132-93(12)77-89(8)78-94(132)13)120-66-58-112(141-120)128(103-26-24-23-25-27-103)113-59-67-121(142-113)138(123-69-61-115(129)144-123,109-50-30-86(5)31-51-109)133-95(14)79-90(9)80-96(133)15/h20-35,38-73,77-84,141,144-145,148H,1-3,74-76H2,4-19H3/b128-113-,129-114-,130-117-,131-118-. The number of benzene rings is 12. The quantitative estimate of drug-likeness (QED) is 0.0457. The van der Waals surface area contributed by atoms with Gasteiger partial charge in [0.2, 0.25) is 0 Å². The summed E-state index contributed by atoms with van der Waals surface area (Å²) in [5.74, 6) is 7.38. The molecule has 6 aliphatic heterocycles. The van der Waals surface area contributed by atoms with Crippen LogP contribution in [-0.2, 0) is 27.1 Å². The van der Waals surface area contributed by atoms with Crippen molar-refractivity contribution in [3.8, 4) is 11.8 Å². The van der Waals surface area contributed by atoms with Gasteiger partial charge in [0.1, 0.15) is 21.7 Å². The van der Waals surface area contributed by atoms with Gasteiger partial charge in [-0.3, -0.25) is 20.0 Å². The summed E-state index contributed by atoms with van der Waals surface area (Å²) < 4.78 is 0. The van der Waals surface area contributed by atoms with Gasteiger partial charge in [-0.15, -0.1) is 19.7 Å². The summed E-state index contributed by atoms with van der Waals surface area (Å²) in [5.41, 5.74) is 48.7. The summed E-state index contributed by atoms with van der Waals surface area (Å²) in [7, 11) is 0. The molecule has 4 aromatic heterocycles. The second-order valence-electron chi connectivity index (χ2n) is 42.2. The first-order chi connectivity index (χ1) is 71.7. The molecule has 0 aliphatic carbocycles. The minimum absolute atomic E-state index is 0.271. The molecule has 16 bridgehead atoms. The lowest BCUT2D eigenvalue weighted by Crippen LogP contribution is -2.39. The molecule has 148 heavy (non-hydrogen) atoms. The molecule has 4 atom stereocenters. The topological polar surface area (TPSA) is 113 Å².